The lowest BCUT2D eigenvalue weighted by atomic mass is 9.98. The minimum atomic E-state index is 0.217. The highest BCUT2D eigenvalue weighted by atomic mass is 16.5. The predicted molar refractivity (Wildman–Crippen MR) is 82.7 cm³/mol. The molecule has 0 amide bonds. The molecule has 4 fully saturated rings. The first-order valence-electron chi connectivity index (χ1n) is 9.02. The van der Waals surface area contributed by atoms with Gasteiger partial charge in [-0.2, -0.15) is 0 Å². The standard InChI is InChI=1S/C16H30N4O/c1-2-7-17(8-3-1)16(18-9-4-5-10-18)6-11-20(16)19-12-14-21-15-13-19/h1-15H2. The normalized spacial score (nSPS) is 37.7. The quantitative estimate of drug-likeness (QED) is 0.777. The van der Waals surface area contributed by atoms with Crippen molar-refractivity contribution >= 4 is 0 Å². The van der Waals surface area contributed by atoms with E-state index in [0.29, 0.717) is 0 Å². The molecule has 0 aromatic heterocycles. The number of nitrogens with zero attached hydrogens (tertiary/aromatic N) is 4. The largest absolute Gasteiger partial charge is 0.379 e. The highest BCUT2D eigenvalue weighted by Crippen LogP contribution is 2.42. The van der Waals surface area contributed by atoms with E-state index in [0.717, 1.165) is 26.3 Å². The summed E-state index contributed by atoms with van der Waals surface area (Å²) in [5, 5.41) is 5.28. The van der Waals surface area contributed by atoms with Gasteiger partial charge in [0.1, 0.15) is 5.79 Å². The molecule has 0 radical (unpaired) electrons. The molecule has 0 N–H and O–H groups in total. The Morgan fingerprint density at radius 2 is 1.19 bits per heavy atom. The van der Waals surface area contributed by atoms with E-state index in [4.69, 9.17) is 4.74 Å². The third kappa shape index (κ3) is 2.43. The highest BCUT2D eigenvalue weighted by Gasteiger charge is 2.56. The molecular formula is C16H30N4O. The zero-order valence-corrected chi connectivity index (χ0v) is 13.3. The van der Waals surface area contributed by atoms with E-state index in [1.807, 2.05) is 0 Å². The van der Waals surface area contributed by atoms with E-state index >= 15 is 0 Å². The molecule has 0 aromatic rings. The third-order valence-corrected chi connectivity index (χ3v) is 5.88. The molecule has 0 aliphatic carbocycles. The zero-order valence-electron chi connectivity index (χ0n) is 13.3. The molecule has 4 aliphatic rings. The van der Waals surface area contributed by atoms with E-state index in [1.54, 1.807) is 0 Å². The summed E-state index contributed by atoms with van der Waals surface area (Å²) >= 11 is 0. The molecule has 1 atom stereocenters. The van der Waals surface area contributed by atoms with Gasteiger partial charge in [-0.25, -0.2) is 10.0 Å². The Morgan fingerprint density at radius 1 is 0.619 bits per heavy atom. The summed E-state index contributed by atoms with van der Waals surface area (Å²) in [4.78, 5) is 5.60. The fourth-order valence-electron chi connectivity index (χ4n) is 4.74. The lowest BCUT2D eigenvalue weighted by Crippen LogP contribution is -2.80. The Balaban J connectivity index is 1.56. The molecule has 21 heavy (non-hydrogen) atoms. The summed E-state index contributed by atoms with van der Waals surface area (Å²) in [6.07, 6.45) is 8.27. The minimum absolute atomic E-state index is 0.217. The Hall–Kier alpha value is -0.200. The van der Waals surface area contributed by atoms with E-state index < -0.39 is 0 Å². The molecule has 4 aliphatic heterocycles. The molecule has 0 saturated carbocycles. The van der Waals surface area contributed by atoms with Crippen LogP contribution in [-0.2, 0) is 4.74 Å². The van der Waals surface area contributed by atoms with Gasteiger partial charge in [-0.05, 0) is 25.7 Å². The van der Waals surface area contributed by atoms with Crippen LogP contribution in [0.2, 0.25) is 0 Å². The minimum Gasteiger partial charge on any atom is -0.379 e. The monoisotopic (exact) mass is 294 g/mol. The SMILES string of the molecule is C1CCN(C2(N3CCCC3)CCN2N2CCOCC2)CC1. The number of hydrogen-bond donors (Lipinski definition) is 0. The smallest absolute Gasteiger partial charge is 0.145 e. The van der Waals surface area contributed by atoms with E-state index in [2.05, 4.69) is 19.8 Å². The van der Waals surface area contributed by atoms with Crippen LogP contribution in [0.1, 0.15) is 38.5 Å². The fourth-order valence-corrected chi connectivity index (χ4v) is 4.74. The van der Waals surface area contributed by atoms with Crippen LogP contribution in [0.3, 0.4) is 0 Å². The van der Waals surface area contributed by atoms with Gasteiger partial charge < -0.3 is 4.74 Å². The maximum absolute atomic E-state index is 5.56. The molecule has 5 heteroatoms. The van der Waals surface area contributed by atoms with Crippen molar-refractivity contribution in [3.8, 4) is 0 Å². The van der Waals surface area contributed by atoms with Gasteiger partial charge in [-0.15, -0.1) is 0 Å². The number of likely N-dealkylation sites (tertiary alicyclic amines) is 2. The summed E-state index contributed by atoms with van der Waals surface area (Å²) in [5.41, 5.74) is 0. The van der Waals surface area contributed by atoms with Crippen molar-refractivity contribution in [1.29, 1.82) is 0 Å². The molecule has 4 saturated heterocycles. The Kier molecular flexibility index (Phi) is 4.20. The number of hydrogen-bond acceptors (Lipinski definition) is 5. The van der Waals surface area contributed by atoms with E-state index in [1.165, 1.54) is 71.2 Å². The maximum atomic E-state index is 5.56. The van der Waals surface area contributed by atoms with Gasteiger partial charge in [0, 0.05) is 52.2 Å². The Morgan fingerprint density at radius 3 is 1.71 bits per heavy atom. The molecule has 4 rings (SSSR count). The van der Waals surface area contributed by atoms with Crippen LogP contribution in [0.15, 0.2) is 0 Å². The second-order valence-electron chi connectivity index (χ2n) is 6.96. The Bertz CT molecular complexity index is 348. The van der Waals surface area contributed by atoms with Crippen molar-refractivity contribution in [3.05, 3.63) is 0 Å². The van der Waals surface area contributed by atoms with Crippen LogP contribution in [0.5, 0.6) is 0 Å². The summed E-state index contributed by atoms with van der Waals surface area (Å²) < 4.78 is 5.56. The first-order chi connectivity index (χ1) is 10.4. The van der Waals surface area contributed by atoms with Crippen LogP contribution in [0, 0.1) is 0 Å². The summed E-state index contributed by atoms with van der Waals surface area (Å²) in [5.74, 6) is 0.217. The van der Waals surface area contributed by atoms with Gasteiger partial charge in [0.25, 0.3) is 0 Å². The van der Waals surface area contributed by atoms with E-state index in [9.17, 15) is 0 Å². The Labute approximate surface area is 128 Å². The zero-order chi connectivity index (χ0) is 14.1. The third-order valence-electron chi connectivity index (χ3n) is 5.88. The van der Waals surface area contributed by atoms with Gasteiger partial charge >= 0.3 is 0 Å². The van der Waals surface area contributed by atoms with Gasteiger partial charge in [-0.1, -0.05) is 6.42 Å². The average molecular weight is 294 g/mol. The number of morpholine rings is 1. The van der Waals surface area contributed by atoms with Crippen LogP contribution in [-0.4, -0.2) is 84.6 Å². The summed E-state index contributed by atoms with van der Waals surface area (Å²) in [7, 11) is 0. The highest BCUT2D eigenvalue weighted by molar-refractivity contribution is 5.00. The summed E-state index contributed by atoms with van der Waals surface area (Å²) in [6, 6.07) is 0. The van der Waals surface area contributed by atoms with Crippen LogP contribution >= 0.6 is 0 Å². The van der Waals surface area contributed by atoms with E-state index in [-0.39, 0.29) is 5.79 Å². The second kappa shape index (κ2) is 6.13. The molecule has 4 heterocycles. The van der Waals surface area contributed by atoms with Gasteiger partial charge in [0.15, 0.2) is 0 Å². The number of rotatable bonds is 3. The maximum Gasteiger partial charge on any atom is 0.145 e. The van der Waals surface area contributed by atoms with Crippen molar-refractivity contribution in [2.45, 2.75) is 44.3 Å². The van der Waals surface area contributed by atoms with Crippen molar-refractivity contribution in [3.63, 3.8) is 0 Å². The second-order valence-corrected chi connectivity index (χ2v) is 6.96. The number of piperidine rings is 1. The lowest BCUT2D eigenvalue weighted by Gasteiger charge is -2.65. The first kappa shape index (κ1) is 14.4. The van der Waals surface area contributed by atoms with Crippen LogP contribution in [0.4, 0.5) is 0 Å². The fraction of sp³-hybridized carbons (Fsp3) is 1.00. The van der Waals surface area contributed by atoms with Crippen molar-refractivity contribution in [1.82, 2.24) is 19.8 Å². The summed E-state index contributed by atoms with van der Waals surface area (Å²) in [6.45, 7) is 10.3. The van der Waals surface area contributed by atoms with Crippen molar-refractivity contribution in [2.75, 3.05) is 59.0 Å². The molecule has 0 aromatic carbocycles. The van der Waals surface area contributed by atoms with Crippen LogP contribution < -0.4 is 0 Å². The topological polar surface area (TPSA) is 22.2 Å². The molecule has 5 nitrogen and oxygen atoms in total. The van der Waals surface area contributed by atoms with Gasteiger partial charge in [0.05, 0.1) is 13.2 Å². The molecule has 0 bridgehead atoms. The molecule has 1 unspecified atom stereocenters. The van der Waals surface area contributed by atoms with Crippen molar-refractivity contribution < 1.29 is 4.74 Å². The molecule has 120 valence electrons. The average Bonchev–Trinajstić information content (AvgIpc) is 3.03. The first-order valence-corrected chi connectivity index (χ1v) is 9.02. The van der Waals surface area contributed by atoms with Crippen LogP contribution in [0.25, 0.3) is 0 Å². The van der Waals surface area contributed by atoms with Gasteiger partial charge in [0.2, 0.25) is 0 Å². The predicted octanol–water partition coefficient (Wildman–Crippen LogP) is 1.17. The number of ether oxygens (including phenoxy) is 1. The molecule has 0 spiro atoms. The molecular weight excluding hydrogens is 264 g/mol. The van der Waals surface area contributed by atoms with Crippen molar-refractivity contribution in [2.24, 2.45) is 0 Å². The van der Waals surface area contributed by atoms with Gasteiger partial charge in [-0.3, -0.25) is 9.80 Å². The number of hydrazine groups is 1. The lowest BCUT2D eigenvalue weighted by molar-refractivity contribution is -0.314.